The maximum Gasteiger partial charge on any atom is 0.0759 e. The highest BCUT2D eigenvalue weighted by atomic mass is 16.5. The molecule has 1 saturated heterocycles. The molecule has 28 heavy (non-hydrogen) atoms. The van der Waals surface area contributed by atoms with E-state index in [-0.39, 0.29) is 11.5 Å². The summed E-state index contributed by atoms with van der Waals surface area (Å²) in [4.78, 5) is 2.56. The number of likely N-dealkylation sites (tertiary alicyclic amines) is 1. The van der Waals surface area contributed by atoms with Crippen LogP contribution in [0.15, 0.2) is 11.6 Å². The van der Waals surface area contributed by atoms with Crippen LogP contribution in [0.5, 0.6) is 0 Å². The molecule has 1 heterocycles. The minimum absolute atomic E-state index is 0.0528. The van der Waals surface area contributed by atoms with E-state index in [2.05, 4.69) is 24.8 Å². The van der Waals surface area contributed by atoms with E-state index in [4.69, 9.17) is 4.74 Å². The van der Waals surface area contributed by atoms with Gasteiger partial charge < -0.3 is 14.7 Å². The fourth-order valence-electron chi connectivity index (χ4n) is 8.14. The first-order valence-corrected chi connectivity index (χ1v) is 12.2. The molecule has 0 radical (unpaired) electrons. The van der Waals surface area contributed by atoms with Crippen LogP contribution in [0.2, 0.25) is 0 Å². The van der Waals surface area contributed by atoms with Gasteiger partial charge in [-0.1, -0.05) is 25.5 Å². The number of rotatable bonds is 4. The molecule has 0 spiro atoms. The van der Waals surface area contributed by atoms with Crippen molar-refractivity contribution in [2.45, 2.75) is 90.3 Å². The van der Waals surface area contributed by atoms with Crippen LogP contribution in [0.4, 0.5) is 0 Å². The largest absolute Gasteiger partial charge is 0.393 e. The molecule has 3 saturated carbocycles. The van der Waals surface area contributed by atoms with E-state index in [1.807, 2.05) is 0 Å². The van der Waals surface area contributed by atoms with Gasteiger partial charge in [0.2, 0.25) is 0 Å². The second-order valence-corrected chi connectivity index (χ2v) is 11.2. The Kier molecular flexibility index (Phi) is 5.17. The summed E-state index contributed by atoms with van der Waals surface area (Å²) in [7, 11) is 0. The number of aliphatic hydroxyl groups excluding tert-OH is 1. The van der Waals surface area contributed by atoms with Crippen LogP contribution in [-0.2, 0) is 4.74 Å². The minimum Gasteiger partial charge on any atom is -0.393 e. The van der Waals surface area contributed by atoms with Crippen LogP contribution in [0.1, 0.15) is 78.1 Å². The predicted molar refractivity (Wildman–Crippen MR) is 113 cm³/mol. The lowest BCUT2D eigenvalue weighted by atomic mass is 9.47. The summed E-state index contributed by atoms with van der Waals surface area (Å²) in [5, 5.41) is 10.6. The van der Waals surface area contributed by atoms with Crippen LogP contribution in [-0.4, -0.2) is 48.5 Å². The van der Waals surface area contributed by atoms with Crippen molar-refractivity contribution in [3.8, 4) is 0 Å². The molecule has 3 heteroatoms. The quantitative estimate of drug-likeness (QED) is 0.704. The van der Waals surface area contributed by atoms with Gasteiger partial charge in [-0.15, -0.1) is 0 Å². The normalized spacial score (nSPS) is 48.7. The molecule has 4 fully saturated rings. The van der Waals surface area contributed by atoms with Gasteiger partial charge in [-0.3, -0.25) is 0 Å². The molecule has 0 bridgehead atoms. The van der Waals surface area contributed by atoms with Gasteiger partial charge in [0.25, 0.3) is 0 Å². The second kappa shape index (κ2) is 7.39. The number of hydrogen-bond acceptors (Lipinski definition) is 3. The number of ether oxygens (including phenoxy) is 1. The minimum atomic E-state index is -0.0528. The van der Waals surface area contributed by atoms with Crippen molar-refractivity contribution in [1.29, 1.82) is 0 Å². The van der Waals surface area contributed by atoms with E-state index in [1.165, 1.54) is 70.9 Å². The Morgan fingerprint density at radius 1 is 1.04 bits per heavy atom. The Morgan fingerprint density at radius 2 is 1.86 bits per heavy atom. The molecular formula is C25H41NO2. The predicted octanol–water partition coefficient (Wildman–Crippen LogP) is 4.79. The second-order valence-electron chi connectivity index (χ2n) is 11.2. The Morgan fingerprint density at radius 3 is 2.68 bits per heavy atom. The van der Waals surface area contributed by atoms with E-state index < -0.39 is 0 Å². The van der Waals surface area contributed by atoms with Crippen molar-refractivity contribution in [2.24, 2.45) is 28.6 Å². The van der Waals surface area contributed by atoms with Crippen LogP contribution >= 0.6 is 0 Å². The Balaban J connectivity index is 1.25. The molecule has 5 rings (SSSR count). The highest BCUT2D eigenvalue weighted by molar-refractivity contribution is 5.25. The monoisotopic (exact) mass is 387 g/mol. The van der Waals surface area contributed by atoms with Gasteiger partial charge in [-0.2, -0.15) is 0 Å². The van der Waals surface area contributed by atoms with Gasteiger partial charge in [0.1, 0.15) is 0 Å². The third-order valence-electron chi connectivity index (χ3n) is 9.96. The molecule has 5 aliphatic rings. The van der Waals surface area contributed by atoms with Crippen molar-refractivity contribution in [3.63, 3.8) is 0 Å². The lowest BCUT2D eigenvalue weighted by Gasteiger charge is -2.58. The smallest absolute Gasteiger partial charge is 0.0759 e. The molecule has 0 amide bonds. The molecule has 3 nitrogen and oxygen atoms in total. The summed E-state index contributed by atoms with van der Waals surface area (Å²) < 4.78 is 6.32. The molecule has 7 atom stereocenters. The molecule has 3 unspecified atom stereocenters. The van der Waals surface area contributed by atoms with Crippen molar-refractivity contribution in [2.75, 3.05) is 26.2 Å². The maximum absolute atomic E-state index is 10.6. The zero-order valence-electron chi connectivity index (χ0n) is 18.2. The first-order valence-electron chi connectivity index (χ1n) is 12.2. The van der Waals surface area contributed by atoms with Crippen LogP contribution in [0.25, 0.3) is 0 Å². The third-order valence-corrected chi connectivity index (χ3v) is 9.96. The van der Waals surface area contributed by atoms with Crippen molar-refractivity contribution < 1.29 is 9.84 Å². The van der Waals surface area contributed by atoms with Gasteiger partial charge in [0.15, 0.2) is 0 Å². The summed E-state index contributed by atoms with van der Waals surface area (Å²) in [6.45, 7) is 9.52. The van der Waals surface area contributed by atoms with E-state index in [1.54, 1.807) is 5.57 Å². The summed E-state index contributed by atoms with van der Waals surface area (Å²) >= 11 is 0. The lowest BCUT2D eigenvalue weighted by Crippen LogP contribution is -2.51. The average molecular weight is 388 g/mol. The lowest BCUT2D eigenvalue weighted by molar-refractivity contribution is -0.0781. The number of hydrogen-bond donors (Lipinski definition) is 1. The van der Waals surface area contributed by atoms with Crippen LogP contribution in [0, 0.1) is 28.6 Å². The van der Waals surface area contributed by atoms with E-state index in [0.717, 1.165) is 37.3 Å². The molecular weight excluding hydrogens is 346 g/mol. The van der Waals surface area contributed by atoms with Gasteiger partial charge in [0, 0.05) is 6.54 Å². The molecule has 158 valence electrons. The molecule has 0 aromatic heterocycles. The molecule has 4 aliphatic carbocycles. The first-order chi connectivity index (χ1) is 13.5. The van der Waals surface area contributed by atoms with Crippen LogP contribution < -0.4 is 0 Å². The SMILES string of the molecule is C[C@]12CC[C@H](OCCN3CCCC3)C=C1CCC1C2CC[C@@]2(C)C1CC[C@@H]2O. The topological polar surface area (TPSA) is 32.7 Å². The van der Waals surface area contributed by atoms with Gasteiger partial charge in [0.05, 0.1) is 18.8 Å². The first kappa shape index (κ1) is 19.6. The van der Waals surface area contributed by atoms with E-state index in [0.29, 0.717) is 11.5 Å². The molecule has 0 aromatic rings. The average Bonchev–Trinajstić information content (AvgIpc) is 3.30. The number of fused-ring (bicyclic) bond motifs is 5. The number of allylic oxidation sites excluding steroid dienone is 1. The third kappa shape index (κ3) is 3.11. The zero-order chi connectivity index (χ0) is 19.4. The van der Waals surface area contributed by atoms with Crippen molar-refractivity contribution >= 4 is 0 Å². The highest BCUT2D eigenvalue weighted by Crippen LogP contribution is 2.65. The van der Waals surface area contributed by atoms with Gasteiger partial charge in [-0.25, -0.2) is 0 Å². The number of nitrogens with zero attached hydrogens (tertiary/aromatic N) is 1. The summed E-state index contributed by atoms with van der Waals surface area (Å²) in [5.74, 6) is 2.43. The molecule has 1 aliphatic heterocycles. The Hall–Kier alpha value is -0.380. The fourth-order valence-corrected chi connectivity index (χ4v) is 8.14. The Bertz CT molecular complexity index is 612. The van der Waals surface area contributed by atoms with E-state index in [9.17, 15) is 5.11 Å². The molecule has 1 N–H and O–H groups in total. The van der Waals surface area contributed by atoms with Gasteiger partial charge in [-0.05, 0) is 106 Å². The standard InChI is InChI=1S/C25H41NO2/c1-24-11-9-19(28-16-15-26-13-3-4-14-26)17-18(24)5-6-20-21-7-8-23(27)25(21,2)12-10-22(20)24/h17,19-23,27H,3-16H2,1-2H3/t19-,20?,21?,22?,23-,24-,25-/m0/s1. The van der Waals surface area contributed by atoms with E-state index >= 15 is 0 Å². The molecule has 0 aromatic carbocycles. The zero-order valence-corrected chi connectivity index (χ0v) is 18.2. The van der Waals surface area contributed by atoms with Crippen molar-refractivity contribution in [3.05, 3.63) is 11.6 Å². The van der Waals surface area contributed by atoms with Crippen molar-refractivity contribution in [1.82, 2.24) is 4.90 Å². The maximum atomic E-state index is 10.6. The summed E-state index contributed by atoms with van der Waals surface area (Å²) in [6, 6.07) is 0. The summed E-state index contributed by atoms with van der Waals surface area (Å²) in [5.41, 5.74) is 2.31. The summed E-state index contributed by atoms with van der Waals surface area (Å²) in [6.07, 6.45) is 15.6. The fraction of sp³-hybridized carbons (Fsp3) is 0.920. The Labute approximate surface area is 171 Å². The highest BCUT2D eigenvalue weighted by Gasteiger charge is 2.58. The van der Waals surface area contributed by atoms with Gasteiger partial charge >= 0.3 is 0 Å². The number of aliphatic hydroxyl groups is 1. The van der Waals surface area contributed by atoms with Crippen LogP contribution in [0.3, 0.4) is 0 Å².